The third kappa shape index (κ3) is 11.7. The van der Waals surface area contributed by atoms with E-state index in [0.29, 0.717) is 0 Å². The molecule has 0 saturated carbocycles. The van der Waals surface area contributed by atoms with Crippen LogP contribution in [0.2, 0.25) is 0 Å². The minimum absolute atomic E-state index is 0. The average Bonchev–Trinajstić information content (AvgIpc) is 0. The van der Waals surface area contributed by atoms with Crippen LogP contribution >= 0.6 is 0 Å². The van der Waals surface area contributed by atoms with E-state index in [2.05, 4.69) is 0 Å². The van der Waals surface area contributed by atoms with Crippen LogP contribution in [0, 0.1) is 0 Å². The maximum absolute atomic E-state index is 0. The zero-order valence-electron chi connectivity index (χ0n) is 0.707. The van der Waals surface area contributed by atoms with Crippen LogP contribution in [0.15, 0.2) is 0 Å². The minimum atomic E-state index is 0. The van der Waals surface area contributed by atoms with E-state index in [1.807, 2.05) is 0 Å². The third-order valence-electron chi connectivity index (χ3n) is 0. The maximum atomic E-state index is 0. The van der Waals surface area contributed by atoms with Gasteiger partial charge in [0, 0.05) is 34.1 Å². The molecule has 0 aromatic rings. The molecule has 0 aromatic heterocycles. The van der Waals surface area contributed by atoms with Crippen molar-refractivity contribution in [1.29, 1.82) is 0 Å². The normalized spacial score (nSPS) is 0. The monoisotopic (exact) mass is 144 g/mol. The SMILES string of the molecule is C.C.[Fe].[Fe]. The van der Waals surface area contributed by atoms with E-state index in [4.69, 9.17) is 0 Å². The summed E-state index contributed by atoms with van der Waals surface area (Å²) in [6, 6.07) is 0. The van der Waals surface area contributed by atoms with Crippen LogP contribution < -0.4 is 0 Å². The maximum Gasteiger partial charge on any atom is 0 e. The Morgan fingerprint density at radius 2 is 0.500 bits per heavy atom. The van der Waals surface area contributed by atoms with Gasteiger partial charge in [-0.15, -0.1) is 0 Å². The van der Waals surface area contributed by atoms with Crippen LogP contribution in [0.3, 0.4) is 0 Å². The fourth-order valence-corrected chi connectivity index (χ4v) is 0. The summed E-state index contributed by atoms with van der Waals surface area (Å²) < 4.78 is 0. The first kappa shape index (κ1) is 76.2. The number of hydrogen-bond donors (Lipinski definition) is 0. The zero-order valence-corrected chi connectivity index (χ0v) is 2.92. The molecule has 0 nitrogen and oxygen atoms in total. The van der Waals surface area contributed by atoms with Gasteiger partial charge in [-0.25, -0.2) is 0 Å². The molecule has 0 aromatic carbocycles. The molecule has 0 fully saturated rings. The van der Waals surface area contributed by atoms with E-state index < -0.39 is 0 Å². The van der Waals surface area contributed by atoms with Gasteiger partial charge in [-0.2, -0.15) is 0 Å². The molecule has 0 N–H and O–H groups in total. The summed E-state index contributed by atoms with van der Waals surface area (Å²) in [7, 11) is 0. The third-order valence-corrected chi connectivity index (χ3v) is 0. The molecule has 0 saturated heterocycles. The number of rotatable bonds is 0. The first-order valence-corrected chi connectivity index (χ1v) is 0. The summed E-state index contributed by atoms with van der Waals surface area (Å²) in [6.45, 7) is 0. The molecule has 0 spiro atoms. The van der Waals surface area contributed by atoms with Crippen LogP contribution in [0.1, 0.15) is 14.9 Å². The van der Waals surface area contributed by atoms with Gasteiger partial charge < -0.3 is 0 Å². The molecular weight excluding hydrogens is 136 g/mol. The first-order valence-electron chi connectivity index (χ1n) is 0. The van der Waals surface area contributed by atoms with Gasteiger partial charge in [0.25, 0.3) is 0 Å². The van der Waals surface area contributed by atoms with Crippen molar-refractivity contribution >= 4 is 0 Å². The largest absolute Gasteiger partial charge is 0.0776 e. The molecule has 0 atom stereocenters. The van der Waals surface area contributed by atoms with Crippen molar-refractivity contribution in [3.05, 3.63) is 0 Å². The van der Waals surface area contributed by atoms with Gasteiger partial charge in [0.1, 0.15) is 0 Å². The van der Waals surface area contributed by atoms with Crippen LogP contribution in [0.4, 0.5) is 0 Å². The molecule has 0 aliphatic carbocycles. The molecule has 0 aliphatic rings. The Morgan fingerprint density at radius 3 is 0.500 bits per heavy atom. The molecule has 0 heterocycles. The van der Waals surface area contributed by atoms with Crippen LogP contribution in [0.25, 0.3) is 0 Å². The molecule has 0 aliphatic heterocycles. The van der Waals surface area contributed by atoms with Crippen molar-refractivity contribution in [2.75, 3.05) is 0 Å². The fraction of sp³-hybridized carbons (Fsp3) is 1.00. The fourth-order valence-electron chi connectivity index (χ4n) is 0. The van der Waals surface area contributed by atoms with Gasteiger partial charge in [0.15, 0.2) is 0 Å². The van der Waals surface area contributed by atoms with Crippen LogP contribution in [-0.2, 0) is 34.1 Å². The number of hydrogen-bond acceptors (Lipinski definition) is 0. The van der Waals surface area contributed by atoms with E-state index in [9.17, 15) is 0 Å². The Morgan fingerprint density at radius 1 is 0.500 bits per heavy atom. The Bertz CT molecular complexity index is 4.00. The average molecular weight is 144 g/mol. The van der Waals surface area contributed by atoms with Gasteiger partial charge in [-0.05, 0) is 0 Å². The second-order valence-corrected chi connectivity index (χ2v) is 0. The molecule has 0 bridgehead atoms. The zero-order chi connectivity index (χ0) is 0. The molecule has 0 unspecified atom stereocenters. The summed E-state index contributed by atoms with van der Waals surface area (Å²) in [5.41, 5.74) is 0. The van der Waals surface area contributed by atoms with E-state index in [1.54, 1.807) is 0 Å². The van der Waals surface area contributed by atoms with Gasteiger partial charge in [0.05, 0.1) is 0 Å². The van der Waals surface area contributed by atoms with Crippen molar-refractivity contribution in [3.63, 3.8) is 0 Å². The summed E-state index contributed by atoms with van der Waals surface area (Å²) in [4.78, 5) is 0. The van der Waals surface area contributed by atoms with E-state index in [-0.39, 0.29) is 49.0 Å². The summed E-state index contributed by atoms with van der Waals surface area (Å²) in [5.74, 6) is 0. The van der Waals surface area contributed by atoms with Crippen LogP contribution in [0.5, 0.6) is 0 Å². The molecule has 2 heteroatoms. The predicted molar refractivity (Wildman–Crippen MR) is 13.5 cm³/mol. The van der Waals surface area contributed by atoms with Crippen molar-refractivity contribution < 1.29 is 34.1 Å². The Labute approximate surface area is 49.3 Å². The predicted octanol–water partition coefficient (Wildman–Crippen LogP) is 1.27. The Balaban J connectivity index is 0. The van der Waals surface area contributed by atoms with Crippen molar-refractivity contribution in [2.45, 2.75) is 14.9 Å². The minimum Gasteiger partial charge on any atom is -0.0776 e. The summed E-state index contributed by atoms with van der Waals surface area (Å²) >= 11 is 0. The standard InChI is InChI=1S/2CH4.2Fe/h2*1H4;;. The second kappa shape index (κ2) is 34.6. The second-order valence-electron chi connectivity index (χ2n) is 0. The van der Waals surface area contributed by atoms with Gasteiger partial charge in [-0.3, -0.25) is 0 Å². The van der Waals surface area contributed by atoms with Gasteiger partial charge in [0.2, 0.25) is 0 Å². The van der Waals surface area contributed by atoms with Gasteiger partial charge >= 0.3 is 0 Å². The summed E-state index contributed by atoms with van der Waals surface area (Å²) in [6.07, 6.45) is 0. The Kier molecular flexibility index (Phi) is 658. The van der Waals surface area contributed by atoms with Gasteiger partial charge in [-0.1, -0.05) is 14.9 Å². The summed E-state index contributed by atoms with van der Waals surface area (Å²) in [5, 5.41) is 0. The molecular formula is C2H8Fe2. The molecule has 0 rings (SSSR count). The molecule has 32 valence electrons. The Hall–Kier alpha value is 1.04. The first-order chi connectivity index (χ1) is 0. The molecule has 0 radical (unpaired) electrons. The molecule has 4 heavy (non-hydrogen) atoms. The van der Waals surface area contributed by atoms with Crippen LogP contribution in [-0.4, -0.2) is 0 Å². The molecule has 0 amide bonds. The van der Waals surface area contributed by atoms with Crippen molar-refractivity contribution in [2.24, 2.45) is 0 Å². The topological polar surface area (TPSA) is 0 Å². The van der Waals surface area contributed by atoms with E-state index >= 15 is 0 Å². The smallest absolute Gasteiger partial charge is 0 e. The van der Waals surface area contributed by atoms with Crippen molar-refractivity contribution in [1.82, 2.24) is 0 Å². The van der Waals surface area contributed by atoms with E-state index in [1.165, 1.54) is 0 Å². The van der Waals surface area contributed by atoms with E-state index in [0.717, 1.165) is 0 Å². The quantitative estimate of drug-likeness (QED) is 0.449. The van der Waals surface area contributed by atoms with Crippen molar-refractivity contribution in [3.8, 4) is 0 Å².